The van der Waals surface area contributed by atoms with Crippen LogP contribution in [-0.2, 0) is 25.4 Å². The van der Waals surface area contributed by atoms with Gasteiger partial charge in [-0.05, 0) is 81.0 Å². The SMILES string of the molecule is Nc1ncc2c3c1c(-c1ccc(C(=O)Nc4cc(C(F)(F)F)ccn4)cc1)nn3[C@@H]1CCC[C@H](C1)NC(=O)CN(C(=O)CCN1CCN(c3ccc4c(c3)C(=O)N(C3CCC(=O)NC3=O)C4=O)CC1)CC/C=C/2. The molecule has 19 nitrogen and oxygen atoms in total. The van der Waals surface area contributed by atoms with Gasteiger partial charge in [0.2, 0.25) is 23.6 Å². The van der Waals surface area contributed by atoms with E-state index in [2.05, 4.69) is 35.7 Å². The number of aromatic nitrogens is 4. The highest BCUT2D eigenvalue weighted by atomic mass is 19.4. The Balaban J connectivity index is 0.800. The van der Waals surface area contributed by atoms with E-state index in [-0.39, 0.29) is 84.6 Å². The van der Waals surface area contributed by atoms with E-state index in [1.165, 1.54) is 0 Å². The van der Waals surface area contributed by atoms with E-state index >= 15 is 0 Å². The molecule has 378 valence electrons. The van der Waals surface area contributed by atoms with Crippen molar-refractivity contribution >= 4 is 75.7 Å². The summed E-state index contributed by atoms with van der Waals surface area (Å²) < 4.78 is 41.8. The van der Waals surface area contributed by atoms with Crippen molar-refractivity contribution in [1.82, 2.24) is 45.1 Å². The van der Waals surface area contributed by atoms with Gasteiger partial charge < -0.3 is 26.2 Å². The number of piperazine rings is 1. The zero-order valence-corrected chi connectivity index (χ0v) is 39.5. The van der Waals surface area contributed by atoms with E-state index < -0.39 is 47.3 Å². The Bertz CT molecular complexity index is 3100. The quantitative estimate of drug-likeness (QED) is 0.153. The highest BCUT2D eigenvalue weighted by molar-refractivity contribution is 6.23. The number of halogens is 3. The molecule has 5 N–H and O–H groups in total. The molecule has 3 aromatic heterocycles. The molecular weight excluding hydrogens is 950 g/mol. The molecule has 7 heterocycles. The molecule has 7 amide bonds. The molecule has 0 radical (unpaired) electrons. The van der Waals surface area contributed by atoms with Crippen molar-refractivity contribution < 1.29 is 46.7 Å². The van der Waals surface area contributed by atoms with Crippen LogP contribution in [0.4, 0.5) is 30.5 Å². The summed E-state index contributed by atoms with van der Waals surface area (Å²) in [6.45, 7) is 3.09. The molecule has 10 rings (SSSR count). The molecule has 2 aromatic carbocycles. The zero-order valence-electron chi connectivity index (χ0n) is 39.5. The molecule has 3 fully saturated rings. The number of carbonyl (C=O) groups is 7. The summed E-state index contributed by atoms with van der Waals surface area (Å²) in [7, 11) is 0. The lowest BCUT2D eigenvalue weighted by atomic mass is 9.90. The maximum Gasteiger partial charge on any atom is 0.416 e. The van der Waals surface area contributed by atoms with Gasteiger partial charge in [-0.2, -0.15) is 18.3 Å². The number of anilines is 3. The minimum Gasteiger partial charge on any atom is -0.383 e. The second kappa shape index (κ2) is 19.9. The number of carbonyl (C=O) groups excluding carboxylic acids is 7. The first-order valence-corrected chi connectivity index (χ1v) is 24.3. The lowest BCUT2D eigenvalue weighted by molar-refractivity contribution is -0.138. The molecule has 1 aliphatic carbocycles. The summed E-state index contributed by atoms with van der Waals surface area (Å²) in [6.07, 6.45) is 5.52. The maximum atomic E-state index is 13.9. The number of rotatable bonds is 8. The largest absolute Gasteiger partial charge is 0.416 e. The fourth-order valence-corrected chi connectivity index (χ4v) is 10.4. The Kier molecular flexibility index (Phi) is 13.2. The van der Waals surface area contributed by atoms with Gasteiger partial charge in [-0.25, -0.2) is 9.97 Å². The van der Waals surface area contributed by atoms with Gasteiger partial charge in [-0.1, -0.05) is 24.3 Å². The van der Waals surface area contributed by atoms with Gasteiger partial charge in [0.15, 0.2) is 0 Å². The van der Waals surface area contributed by atoms with E-state index in [1.54, 1.807) is 53.6 Å². The first kappa shape index (κ1) is 48.6. The Labute approximate surface area is 415 Å². The van der Waals surface area contributed by atoms with Crippen molar-refractivity contribution in [3.05, 3.63) is 101 Å². The number of amides is 7. The number of fused-ring (bicyclic) bond motifs is 4. The minimum atomic E-state index is -4.60. The van der Waals surface area contributed by atoms with Crippen LogP contribution in [0.2, 0.25) is 0 Å². The number of nitrogens with zero attached hydrogens (tertiary/aromatic N) is 8. The highest BCUT2D eigenvalue weighted by Gasteiger charge is 2.45. The molecule has 3 atom stereocenters. The van der Waals surface area contributed by atoms with Crippen LogP contribution >= 0.6 is 0 Å². The van der Waals surface area contributed by atoms with Crippen LogP contribution in [0.25, 0.3) is 28.2 Å². The summed E-state index contributed by atoms with van der Waals surface area (Å²) >= 11 is 0. The van der Waals surface area contributed by atoms with Crippen molar-refractivity contribution in [3.8, 4) is 11.3 Å². The van der Waals surface area contributed by atoms with Crippen molar-refractivity contribution in [1.29, 1.82) is 0 Å². The van der Waals surface area contributed by atoms with E-state index in [9.17, 15) is 46.7 Å². The first-order chi connectivity index (χ1) is 35.1. The molecule has 1 unspecified atom stereocenters. The predicted octanol–water partition coefficient (Wildman–Crippen LogP) is 4.81. The number of nitrogens with two attached hydrogens (primary N) is 1. The Morgan fingerprint density at radius 2 is 1.64 bits per heavy atom. The minimum absolute atomic E-state index is 0.0371. The van der Waals surface area contributed by atoms with E-state index in [0.29, 0.717) is 62.2 Å². The van der Waals surface area contributed by atoms with Crippen LogP contribution in [0, 0.1) is 0 Å². The molecule has 73 heavy (non-hydrogen) atoms. The predicted molar refractivity (Wildman–Crippen MR) is 261 cm³/mol. The number of pyridine rings is 2. The van der Waals surface area contributed by atoms with Gasteiger partial charge >= 0.3 is 6.18 Å². The standard InChI is InChI=1S/C51H51F3N12O7/c52-51(53,54)32-15-17-56-39(24-32)59-47(70)30-9-7-29(8-10-30)44-43-45-31(27-57-46(43)55)4-1-2-18-64(28-41(68)58-33-5-3-6-35(25-33)66(45)61-44)42(69)16-19-62-20-22-63(23-21-62)34-11-12-36-37(26-34)50(73)65(49(36)72)38-13-14-40(67)60-48(38)71/h1,4,7-12,15,17,24,26-27,33,35,38H,2-3,5-6,13-14,16,18-23,25,28H2,(H2,55,57)(H,58,68)(H,56,59,70)(H,60,67,71)/b4-1+/t33-,35-,38?/m1/s1. The molecular formula is C51H51F3N12O7. The first-order valence-electron chi connectivity index (χ1n) is 24.3. The smallest absolute Gasteiger partial charge is 0.383 e. The fourth-order valence-electron chi connectivity index (χ4n) is 10.4. The summed E-state index contributed by atoms with van der Waals surface area (Å²) in [5, 5.41) is 13.6. The molecule has 5 aromatic rings. The number of nitrogens with one attached hydrogen (secondary N) is 3. The monoisotopic (exact) mass is 1000 g/mol. The Morgan fingerprint density at radius 3 is 2.41 bits per heavy atom. The van der Waals surface area contributed by atoms with E-state index in [0.717, 1.165) is 59.3 Å². The van der Waals surface area contributed by atoms with E-state index in [4.69, 9.17) is 10.8 Å². The summed E-state index contributed by atoms with van der Waals surface area (Å²) in [4.78, 5) is 107. The Morgan fingerprint density at radius 1 is 0.863 bits per heavy atom. The third-order valence-corrected chi connectivity index (χ3v) is 14.2. The number of benzene rings is 2. The second-order valence-corrected chi connectivity index (χ2v) is 18.9. The van der Waals surface area contributed by atoms with Crippen LogP contribution in [-0.4, -0.2) is 134 Å². The molecule has 0 spiro atoms. The normalized spacial score (nSPS) is 21.4. The van der Waals surface area contributed by atoms with Gasteiger partial charge in [0.25, 0.3) is 17.7 Å². The second-order valence-electron chi connectivity index (χ2n) is 18.9. The molecule has 5 aliphatic rings. The molecule has 4 aliphatic heterocycles. The lowest BCUT2D eigenvalue weighted by Gasteiger charge is -2.36. The number of imide groups is 2. The summed E-state index contributed by atoms with van der Waals surface area (Å²) in [6, 6.07) is 11.7. The average Bonchev–Trinajstić information content (AvgIpc) is 3.90. The summed E-state index contributed by atoms with van der Waals surface area (Å²) in [5.74, 6) is -3.29. The van der Waals surface area contributed by atoms with Gasteiger partial charge in [0, 0.05) is 92.9 Å². The zero-order chi connectivity index (χ0) is 51.1. The van der Waals surface area contributed by atoms with Crippen LogP contribution in [0.5, 0.6) is 0 Å². The molecule has 2 saturated heterocycles. The van der Waals surface area contributed by atoms with Crippen molar-refractivity contribution in [2.24, 2.45) is 0 Å². The third-order valence-electron chi connectivity index (χ3n) is 14.2. The lowest BCUT2D eigenvalue weighted by Crippen LogP contribution is -2.54. The molecule has 22 heteroatoms. The maximum absolute atomic E-state index is 13.9. The number of piperidine rings is 1. The Hall–Kier alpha value is -8.01. The topological polar surface area (TPSA) is 238 Å². The fraction of sp³-hybridized carbons (Fsp3) is 0.373. The van der Waals surface area contributed by atoms with Gasteiger partial charge in [-0.3, -0.25) is 53.4 Å². The number of nitrogen functional groups attached to an aromatic ring is 1. The average molecular weight is 1000 g/mol. The van der Waals surface area contributed by atoms with E-state index in [1.807, 2.05) is 16.8 Å². The van der Waals surface area contributed by atoms with Crippen molar-refractivity contribution in [3.63, 3.8) is 0 Å². The highest BCUT2D eigenvalue weighted by Crippen LogP contribution is 2.39. The van der Waals surface area contributed by atoms with Crippen molar-refractivity contribution in [2.45, 2.75) is 75.7 Å². The van der Waals surface area contributed by atoms with Crippen LogP contribution < -0.4 is 26.6 Å². The van der Waals surface area contributed by atoms with Gasteiger partial charge in [0.1, 0.15) is 23.4 Å². The summed E-state index contributed by atoms with van der Waals surface area (Å²) in [5.41, 5.74) is 9.68. The van der Waals surface area contributed by atoms with Crippen LogP contribution in [0.1, 0.15) is 99.6 Å². The number of alkyl halides is 3. The molecule has 1 saturated carbocycles. The van der Waals surface area contributed by atoms with Crippen LogP contribution in [0.3, 0.4) is 0 Å². The van der Waals surface area contributed by atoms with Gasteiger partial charge in [-0.15, -0.1) is 0 Å². The molecule has 2 bridgehead atoms. The van der Waals surface area contributed by atoms with Crippen molar-refractivity contribution in [2.75, 3.05) is 61.8 Å². The third kappa shape index (κ3) is 9.98. The van der Waals surface area contributed by atoms with Crippen LogP contribution in [0.15, 0.2) is 73.1 Å². The van der Waals surface area contributed by atoms with Gasteiger partial charge in [0.05, 0.1) is 40.2 Å². The number of hydrogen-bond donors (Lipinski definition) is 4. The number of hydrogen-bond acceptors (Lipinski definition) is 13.